The van der Waals surface area contributed by atoms with Gasteiger partial charge in [-0.1, -0.05) is 18.2 Å². The minimum atomic E-state index is -0.346. The number of carbonyl (C=O) groups excluding carboxylic acids is 1. The van der Waals surface area contributed by atoms with Crippen molar-refractivity contribution in [2.45, 2.75) is 6.61 Å². The Morgan fingerprint density at radius 1 is 1.21 bits per heavy atom. The van der Waals surface area contributed by atoms with Crippen LogP contribution in [-0.2, 0) is 11.3 Å². The van der Waals surface area contributed by atoms with E-state index in [-0.39, 0.29) is 5.97 Å². The molecule has 1 aromatic heterocycles. The molecule has 2 rings (SSSR count). The molecule has 0 saturated carbocycles. The molecule has 0 bridgehead atoms. The highest BCUT2D eigenvalue weighted by Crippen LogP contribution is 2.14. The van der Waals surface area contributed by atoms with Crippen molar-refractivity contribution >= 4 is 21.9 Å². The first-order valence-electron chi connectivity index (χ1n) is 5.61. The predicted octanol–water partition coefficient (Wildman–Crippen LogP) is 3.21. The number of halogens is 1. The van der Waals surface area contributed by atoms with E-state index in [9.17, 15) is 4.79 Å². The number of nitrogens with zero attached hydrogens (tertiary/aromatic N) is 1. The van der Waals surface area contributed by atoms with Crippen molar-refractivity contribution in [3.8, 4) is 5.88 Å². The lowest BCUT2D eigenvalue weighted by Gasteiger charge is -2.06. The van der Waals surface area contributed by atoms with E-state index < -0.39 is 0 Å². The molecule has 1 aromatic carbocycles. The number of carbonyl (C=O) groups is 1. The van der Waals surface area contributed by atoms with Crippen LogP contribution in [0.15, 0.2) is 47.1 Å². The standard InChI is InChI=1S/C14H12BrNO3/c1-18-14(17)11-7-5-10(6-8-11)9-19-13-4-2-3-12(15)16-13/h2-8H,9H2,1H3. The molecule has 19 heavy (non-hydrogen) atoms. The van der Waals surface area contributed by atoms with Crippen LogP contribution in [0.4, 0.5) is 0 Å². The molecule has 0 atom stereocenters. The third-order valence-corrected chi connectivity index (χ3v) is 2.89. The molecular formula is C14H12BrNO3. The summed E-state index contributed by atoms with van der Waals surface area (Å²) in [4.78, 5) is 15.4. The van der Waals surface area contributed by atoms with Crippen molar-refractivity contribution < 1.29 is 14.3 Å². The van der Waals surface area contributed by atoms with Gasteiger partial charge in [0.25, 0.3) is 0 Å². The highest BCUT2D eigenvalue weighted by molar-refractivity contribution is 9.10. The molecule has 0 aliphatic carbocycles. The summed E-state index contributed by atoms with van der Waals surface area (Å²) in [7, 11) is 1.36. The van der Waals surface area contributed by atoms with E-state index in [4.69, 9.17) is 4.74 Å². The molecular weight excluding hydrogens is 310 g/mol. The van der Waals surface area contributed by atoms with Crippen molar-refractivity contribution in [2.75, 3.05) is 7.11 Å². The van der Waals surface area contributed by atoms with Crippen LogP contribution in [0, 0.1) is 0 Å². The number of esters is 1. The molecule has 0 unspecified atom stereocenters. The van der Waals surface area contributed by atoms with E-state index in [0.717, 1.165) is 10.2 Å². The fourth-order valence-corrected chi connectivity index (χ4v) is 1.81. The van der Waals surface area contributed by atoms with Crippen LogP contribution in [0.1, 0.15) is 15.9 Å². The summed E-state index contributed by atoms with van der Waals surface area (Å²) in [5.41, 5.74) is 1.47. The Morgan fingerprint density at radius 3 is 2.58 bits per heavy atom. The van der Waals surface area contributed by atoms with Crippen molar-refractivity contribution in [1.29, 1.82) is 0 Å². The van der Waals surface area contributed by atoms with E-state index in [1.807, 2.05) is 24.3 Å². The molecule has 0 aliphatic heterocycles. The zero-order chi connectivity index (χ0) is 13.7. The number of aromatic nitrogens is 1. The highest BCUT2D eigenvalue weighted by Gasteiger charge is 2.04. The van der Waals surface area contributed by atoms with Crippen molar-refractivity contribution in [3.05, 3.63) is 58.2 Å². The Kier molecular flexibility index (Phi) is 4.52. The maximum absolute atomic E-state index is 11.3. The number of rotatable bonds is 4. The number of methoxy groups -OCH3 is 1. The van der Waals surface area contributed by atoms with Gasteiger partial charge in [-0.25, -0.2) is 9.78 Å². The lowest BCUT2D eigenvalue weighted by molar-refractivity contribution is 0.0600. The molecule has 0 N–H and O–H groups in total. The third kappa shape index (κ3) is 3.79. The van der Waals surface area contributed by atoms with Crippen LogP contribution in [0.5, 0.6) is 5.88 Å². The molecule has 1 heterocycles. The van der Waals surface area contributed by atoms with Gasteiger partial charge in [-0.2, -0.15) is 0 Å². The lowest BCUT2D eigenvalue weighted by atomic mass is 10.1. The number of pyridine rings is 1. The lowest BCUT2D eigenvalue weighted by Crippen LogP contribution is -2.02. The Labute approximate surface area is 119 Å². The van der Waals surface area contributed by atoms with E-state index in [1.54, 1.807) is 18.2 Å². The van der Waals surface area contributed by atoms with Gasteiger partial charge in [0.1, 0.15) is 11.2 Å². The van der Waals surface area contributed by atoms with E-state index >= 15 is 0 Å². The zero-order valence-electron chi connectivity index (χ0n) is 10.3. The average Bonchev–Trinajstić information content (AvgIpc) is 2.45. The Hall–Kier alpha value is -1.88. The topological polar surface area (TPSA) is 48.4 Å². The molecule has 2 aromatic rings. The van der Waals surface area contributed by atoms with Crippen molar-refractivity contribution in [3.63, 3.8) is 0 Å². The number of hydrogen-bond acceptors (Lipinski definition) is 4. The Bertz CT molecular complexity index is 569. The molecule has 0 fully saturated rings. The van der Waals surface area contributed by atoms with Gasteiger partial charge in [-0.3, -0.25) is 0 Å². The van der Waals surface area contributed by atoms with Crippen LogP contribution in [0.3, 0.4) is 0 Å². The molecule has 0 spiro atoms. The summed E-state index contributed by atoms with van der Waals surface area (Å²) < 4.78 is 10.9. The first-order chi connectivity index (χ1) is 9.19. The van der Waals surface area contributed by atoms with Gasteiger partial charge in [-0.05, 0) is 39.7 Å². The minimum Gasteiger partial charge on any atom is -0.473 e. The maximum Gasteiger partial charge on any atom is 0.337 e. The SMILES string of the molecule is COC(=O)c1ccc(COc2cccc(Br)n2)cc1. The second-order valence-electron chi connectivity index (χ2n) is 3.78. The van der Waals surface area contributed by atoms with Crippen LogP contribution in [0.25, 0.3) is 0 Å². The third-order valence-electron chi connectivity index (χ3n) is 2.45. The summed E-state index contributed by atoms with van der Waals surface area (Å²) in [6, 6.07) is 12.5. The average molecular weight is 322 g/mol. The monoisotopic (exact) mass is 321 g/mol. The first kappa shape index (κ1) is 13.5. The predicted molar refractivity (Wildman–Crippen MR) is 74.1 cm³/mol. The summed E-state index contributed by atoms with van der Waals surface area (Å²) >= 11 is 3.28. The van der Waals surface area contributed by atoms with Gasteiger partial charge in [0.2, 0.25) is 5.88 Å². The van der Waals surface area contributed by atoms with Gasteiger partial charge < -0.3 is 9.47 Å². The molecule has 98 valence electrons. The van der Waals surface area contributed by atoms with E-state index in [1.165, 1.54) is 7.11 Å². The quantitative estimate of drug-likeness (QED) is 0.641. The molecule has 0 saturated heterocycles. The Balaban J connectivity index is 1.98. The normalized spacial score (nSPS) is 10.0. The smallest absolute Gasteiger partial charge is 0.337 e. The second-order valence-corrected chi connectivity index (χ2v) is 4.59. The molecule has 4 nitrogen and oxygen atoms in total. The highest BCUT2D eigenvalue weighted by atomic mass is 79.9. The molecule has 5 heteroatoms. The minimum absolute atomic E-state index is 0.346. The molecule has 0 aliphatic rings. The van der Waals surface area contributed by atoms with Crippen LogP contribution >= 0.6 is 15.9 Å². The Morgan fingerprint density at radius 2 is 1.95 bits per heavy atom. The fourth-order valence-electron chi connectivity index (χ4n) is 1.48. The summed E-state index contributed by atoms with van der Waals surface area (Å²) in [6.45, 7) is 0.394. The number of ether oxygens (including phenoxy) is 2. The fraction of sp³-hybridized carbons (Fsp3) is 0.143. The summed E-state index contributed by atoms with van der Waals surface area (Å²) in [5.74, 6) is 0.201. The van der Waals surface area contributed by atoms with E-state index in [0.29, 0.717) is 18.1 Å². The summed E-state index contributed by atoms with van der Waals surface area (Å²) in [6.07, 6.45) is 0. The van der Waals surface area contributed by atoms with Gasteiger partial charge >= 0.3 is 5.97 Å². The zero-order valence-corrected chi connectivity index (χ0v) is 11.9. The largest absolute Gasteiger partial charge is 0.473 e. The van der Waals surface area contributed by atoms with Crippen molar-refractivity contribution in [2.24, 2.45) is 0 Å². The second kappa shape index (κ2) is 6.33. The van der Waals surface area contributed by atoms with Crippen LogP contribution in [-0.4, -0.2) is 18.1 Å². The number of hydrogen-bond donors (Lipinski definition) is 0. The molecule has 0 amide bonds. The maximum atomic E-state index is 11.3. The van der Waals surface area contributed by atoms with E-state index in [2.05, 4.69) is 25.7 Å². The van der Waals surface area contributed by atoms with Gasteiger partial charge in [0, 0.05) is 6.07 Å². The summed E-state index contributed by atoms with van der Waals surface area (Å²) in [5, 5.41) is 0. The van der Waals surface area contributed by atoms with Gasteiger partial charge in [0.05, 0.1) is 12.7 Å². The molecule has 0 radical (unpaired) electrons. The van der Waals surface area contributed by atoms with Crippen LogP contribution < -0.4 is 4.74 Å². The first-order valence-corrected chi connectivity index (χ1v) is 6.41. The van der Waals surface area contributed by atoms with Crippen LogP contribution in [0.2, 0.25) is 0 Å². The van der Waals surface area contributed by atoms with Gasteiger partial charge in [-0.15, -0.1) is 0 Å². The number of benzene rings is 1. The van der Waals surface area contributed by atoms with Crippen molar-refractivity contribution in [1.82, 2.24) is 4.98 Å². The van der Waals surface area contributed by atoms with Gasteiger partial charge in [0.15, 0.2) is 0 Å².